The standard InChI is InChI=1S/C28H28N2O4/c1-29-28-21-16-25(32-3)24(31-2)14-18(21)13-23-22-15-20(17-9-7-6-8-10-17)27(34-5)26(33-4)19(22)11-12-30(23)28/h6-10,13-16H,11-12H2,1-5H3/p+1. The summed E-state index contributed by atoms with van der Waals surface area (Å²) in [5.41, 5.74) is 5.49. The van der Waals surface area contributed by atoms with Crippen molar-refractivity contribution in [3.8, 4) is 45.4 Å². The molecule has 0 unspecified atom stereocenters. The number of nitrogens with one attached hydrogen (secondary N) is 1. The molecule has 3 aromatic carbocycles. The predicted octanol–water partition coefficient (Wildman–Crippen LogP) is 5.09. The van der Waals surface area contributed by atoms with Crippen LogP contribution in [0.2, 0.25) is 0 Å². The van der Waals surface area contributed by atoms with Crippen molar-refractivity contribution in [3.63, 3.8) is 0 Å². The van der Waals surface area contributed by atoms with Crippen LogP contribution >= 0.6 is 0 Å². The maximum Gasteiger partial charge on any atom is 0.282 e. The highest BCUT2D eigenvalue weighted by atomic mass is 16.5. The molecule has 0 spiro atoms. The second-order valence-electron chi connectivity index (χ2n) is 8.21. The normalized spacial score (nSPS) is 12.0. The van der Waals surface area contributed by atoms with Crippen LogP contribution in [0.5, 0.6) is 23.0 Å². The molecule has 0 radical (unpaired) electrons. The van der Waals surface area contributed by atoms with Gasteiger partial charge in [-0.15, -0.1) is 0 Å². The third-order valence-corrected chi connectivity index (χ3v) is 6.59. The van der Waals surface area contributed by atoms with Gasteiger partial charge in [0, 0.05) is 29.2 Å². The fraction of sp³-hybridized carbons (Fsp3) is 0.250. The van der Waals surface area contributed by atoms with Gasteiger partial charge in [0.05, 0.1) is 47.4 Å². The predicted molar refractivity (Wildman–Crippen MR) is 134 cm³/mol. The van der Waals surface area contributed by atoms with Gasteiger partial charge in [0.1, 0.15) is 5.69 Å². The van der Waals surface area contributed by atoms with Crippen LogP contribution in [0.4, 0.5) is 5.82 Å². The van der Waals surface area contributed by atoms with Crippen molar-refractivity contribution in [2.24, 2.45) is 0 Å². The third kappa shape index (κ3) is 3.29. The molecule has 34 heavy (non-hydrogen) atoms. The zero-order valence-corrected chi connectivity index (χ0v) is 20.2. The summed E-state index contributed by atoms with van der Waals surface area (Å²) in [5, 5.41) is 5.57. The molecule has 1 aliphatic heterocycles. The highest BCUT2D eigenvalue weighted by molar-refractivity contribution is 5.96. The first kappa shape index (κ1) is 21.9. The lowest BCUT2D eigenvalue weighted by atomic mass is 9.90. The van der Waals surface area contributed by atoms with Crippen LogP contribution in [0, 0.1) is 0 Å². The lowest BCUT2D eigenvalue weighted by Crippen LogP contribution is -2.43. The molecule has 4 aromatic rings. The molecule has 1 N–H and O–H groups in total. The Balaban J connectivity index is 1.85. The smallest absolute Gasteiger partial charge is 0.282 e. The van der Waals surface area contributed by atoms with E-state index in [1.165, 1.54) is 0 Å². The molecule has 2 heterocycles. The van der Waals surface area contributed by atoms with Crippen molar-refractivity contribution >= 4 is 16.6 Å². The van der Waals surface area contributed by atoms with Crippen molar-refractivity contribution in [3.05, 3.63) is 60.2 Å². The van der Waals surface area contributed by atoms with Crippen LogP contribution < -0.4 is 28.8 Å². The summed E-state index contributed by atoms with van der Waals surface area (Å²) in [5.74, 6) is 4.01. The Hall–Kier alpha value is -3.93. The number of nitrogens with zero attached hydrogens (tertiary/aromatic N) is 1. The van der Waals surface area contributed by atoms with Gasteiger partial charge < -0.3 is 18.9 Å². The Labute approximate surface area is 199 Å². The molecular weight excluding hydrogens is 428 g/mol. The van der Waals surface area contributed by atoms with Crippen molar-refractivity contribution < 1.29 is 23.5 Å². The number of ether oxygens (including phenoxy) is 4. The minimum absolute atomic E-state index is 0.704. The highest BCUT2D eigenvalue weighted by Gasteiger charge is 2.31. The lowest BCUT2D eigenvalue weighted by molar-refractivity contribution is -0.672. The topological polar surface area (TPSA) is 52.8 Å². The quantitative estimate of drug-likeness (QED) is 0.409. The van der Waals surface area contributed by atoms with Gasteiger partial charge in [-0.1, -0.05) is 30.3 Å². The summed E-state index contributed by atoms with van der Waals surface area (Å²) in [6.45, 7) is 0.812. The molecule has 6 heteroatoms. The highest BCUT2D eigenvalue weighted by Crippen LogP contribution is 2.47. The number of rotatable bonds is 6. The van der Waals surface area contributed by atoms with Crippen LogP contribution in [-0.4, -0.2) is 35.5 Å². The van der Waals surface area contributed by atoms with E-state index in [-0.39, 0.29) is 0 Å². The molecule has 0 saturated carbocycles. The minimum Gasteiger partial charge on any atom is -0.493 e. The van der Waals surface area contributed by atoms with E-state index in [1.54, 1.807) is 28.4 Å². The fourth-order valence-electron chi connectivity index (χ4n) is 5.06. The molecule has 0 aliphatic carbocycles. The number of aromatic nitrogens is 1. The number of pyridine rings is 1. The van der Waals surface area contributed by atoms with Crippen LogP contribution in [0.1, 0.15) is 5.56 Å². The van der Waals surface area contributed by atoms with Gasteiger partial charge in [-0.2, -0.15) is 0 Å². The van der Waals surface area contributed by atoms with Gasteiger partial charge in [-0.25, -0.2) is 4.57 Å². The van der Waals surface area contributed by atoms with Crippen molar-refractivity contribution in [2.45, 2.75) is 13.0 Å². The van der Waals surface area contributed by atoms with Crippen LogP contribution in [0.3, 0.4) is 0 Å². The van der Waals surface area contributed by atoms with Gasteiger partial charge in [-0.3, -0.25) is 5.32 Å². The zero-order chi connectivity index (χ0) is 23.8. The summed E-state index contributed by atoms with van der Waals surface area (Å²) in [4.78, 5) is 0. The van der Waals surface area contributed by atoms with Gasteiger partial charge >= 0.3 is 0 Å². The average Bonchev–Trinajstić information content (AvgIpc) is 2.89. The van der Waals surface area contributed by atoms with Gasteiger partial charge in [-0.05, 0) is 29.1 Å². The first-order valence-corrected chi connectivity index (χ1v) is 11.3. The molecule has 0 amide bonds. The van der Waals surface area contributed by atoms with Crippen LogP contribution in [0.15, 0.2) is 54.6 Å². The van der Waals surface area contributed by atoms with E-state index in [1.807, 2.05) is 37.4 Å². The summed E-state index contributed by atoms with van der Waals surface area (Å²) in [6, 6.07) is 18.8. The van der Waals surface area contributed by atoms with E-state index in [0.717, 1.165) is 69.0 Å². The number of methoxy groups -OCH3 is 4. The van der Waals surface area contributed by atoms with E-state index >= 15 is 0 Å². The SMILES string of the molecule is CNc1c2cc(OC)c(OC)cc2cc2[n+]1CCc1c-2cc(-c2ccccc2)c(OC)c1OC. The van der Waals surface area contributed by atoms with Crippen LogP contribution in [-0.2, 0) is 13.0 Å². The van der Waals surface area contributed by atoms with Crippen molar-refractivity contribution in [1.29, 1.82) is 0 Å². The van der Waals surface area contributed by atoms with E-state index in [0.29, 0.717) is 11.5 Å². The second kappa shape index (κ2) is 8.78. The van der Waals surface area contributed by atoms with Crippen molar-refractivity contribution in [2.75, 3.05) is 40.8 Å². The Morgan fingerprint density at radius 1 is 0.765 bits per heavy atom. The maximum absolute atomic E-state index is 5.94. The van der Waals surface area contributed by atoms with Crippen molar-refractivity contribution in [1.82, 2.24) is 0 Å². The molecular formula is C28H29N2O4+. The molecule has 1 aliphatic rings. The number of anilines is 1. The number of fused-ring (bicyclic) bond motifs is 4. The Kier molecular flexibility index (Phi) is 5.65. The van der Waals surface area contributed by atoms with Gasteiger partial charge in [0.15, 0.2) is 23.0 Å². The minimum atomic E-state index is 0.704. The van der Waals surface area contributed by atoms with Gasteiger partial charge in [0.2, 0.25) is 0 Å². The Bertz CT molecular complexity index is 1380. The number of benzene rings is 3. The summed E-state index contributed by atoms with van der Waals surface area (Å²) < 4.78 is 25.3. The molecule has 174 valence electrons. The van der Waals surface area contributed by atoms with E-state index in [2.05, 4.69) is 34.1 Å². The zero-order valence-electron chi connectivity index (χ0n) is 20.2. The average molecular weight is 458 g/mol. The summed E-state index contributed by atoms with van der Waals surface area (Å²) >= 11 is 0. The monoisotopic (exact) mass is 457 g/mol. The first-order valence-electron chi connectivity index (χ1n) is 11.3. The van der Waals surface area contributed by atoms with E-state index < -0.39 is 0 Å². The molecule has 0 bridgehead atoms. The lowest BCUT2D eigenvalue weighted by Gasteiger charge is -2.25. The fourth-order valence-corrected chi connectivity index (χ4v) is 5.06. The van der Waals surface area contributed by atoms with E-state index in [9.17, 15) is 0 Å². The second-order valence-corrected chi connectivity index (χ2v) is 8.21. The number of hydrogen-bond acceptors (Lipinski definition) is 5. The third-order valence-electron chi connectivity index (χ3n) is 6.59. The molecule has 6 nitrogen and oxygen atoms in total. The molecule has 0 saturated heterocycles. The Morgan fingerprint density at radius 2 is 1.47 bits per heavy atom. The Morgan fingerprint density at radius 3 is 2.12 bits per heavy atom. The summed E-state index contributed by atoms with van der Waals surface area (Å²) in [6.07, 6.45) is 0.828. The largest absolute Gasteiger partial charge is 0.493 e. The molecule has 0 fully saturated rings. The van der Waals surface area contributed by atoms with Crippen LogP contribution in [0.25, 0.3) is 33.2 Å². The van der Waals surface area contributed by atoms with Gasteiger partial charge in [0.25, 0.3) is 5.82 Å². The molecule has 0 atom stereocenters. The summed E-state index contributed by atoms with van der Waals surface area (Å²) in [7, 11) is 8.70. The maximum atomic E-state index is 5.94. The van der Waals surface area contributed by atoms with E-state index in [4.69, 9.17) is 18.9 Å². The first-order chi connectivity index (χ1) is 16.6. The molecule has 1 aromatic heterocycles. The molecule has 5 rings (SSSR count). The number of hydrogen-bond donors (Lipinski definition) is 1.